The first-order chi connectivity index (χ1) is 8.90. The number of piperidine rings is 1. The molecule has 0 aliphatic carbocycles. The van der Waals surface area contributed by atoms with Gasteiger partial charge in [-0.15, -0.1) is 6.58 Å². The number of rotatable bonds is 3. The number of hydrogen-bond acceptors (Lipinski definition) is 1. The number of nitrogens with zero attached hydrogens (tertiary/aromatic N) is 1. The zero-order chi connectivity index (χ0) is 12.6. The normalized spacial score (nSPS) is 17.6. The second-order valence-corrected chi connectivity index (χ2v) is 4.77. The van der Waals surface area contributed by atoms with Crippen LogP contribution in [0.4, 0.5) is 0 Å². The van der Waals surface area contributed by atoms with E-state index in [9.17, 15) is 0 Å². The lowest BCUT2D eigenvalue weighted by Gasteiger charge is -2.31. The molecule has 0 aromatic heterocycles. The fraction of sp³-hybridized carbons (Fsp3) is 0.412. The molecule has 1 fully saturated rings. The molecule has 1 nitrogen and oxygen atoms in total. The van der Waals surface area contributed by atoms with Crippen molar-refractivity contribution >= 4 is 0 Å². The lowest BCUT2D eigenvalue weighted by Crippen LogP contribution is -2.38. The van der Waals surface area contributed by atoms with Crippen LogP contribution in [0.25, 0.3) is 0 Å². The van der Waals surface area contributed by atoms with Gasteiger partial charge >= 0.3 is 0 Å². The molecule has 0 N–H and O–H groups in total. The van der Waals surface area contributed by atoms with Gasteiger partial charge in [0, 0.05) is 5.56 Å². The monoisotopic (exact) mass is 239 g/mol. The maximum atomic E-state index is 3.86. The molecule has 18 heavy (non-hydrogen) atoms. The van der Waals surface area contributed by atoms with Crippen LogP contribution in [0.2, 0.25) is 0 Å². The topological polar surface area (TPSA) is 3.24 Å². The predicted molar refractivity (Wildman–Crippen MR) is 77.3 cm³/mol. The zero-order valence-corrected chi connectivity index (χ0v) is 10.9. The van der Waals surface area contributed by atoms with Gasteiger partial charge in [-0.05, 0) is 44.5 Å². The van der Waals surface area contributed by atoms with Gasteiger partial charge in [-0.2, -0.15) is 0 Å². The Bertz CT molecular complexity index is 418. The quantitative estimate of drug-likeness (QED) is 0.576. The molecule has 1 aliphatic rings. The van der Waals surface area contributed by atoms with Crippen molar-refractivity contribution in [3.8, 4) is 11.8 Å². The Hall–Kier alpha value is -1.52. The largest absolute Gasteiger partial charge is 0.290 e. The number of benzene rings is 1. The maximum absolute atomic E-state index is 3.86. The summed E-state index contributed by atoms with van der Waals surface area (Å²) in [4.78, 5) is 2.50. The zero-order valence-electron chi connectivity index (χ0n) is 10.9. The van der Waals surface area contributed by atoms with Crippen molar-refractivity contribution in [3.05, 3.63) is 48.6 Å². The second kappa shape index (κ2) is 7.03. The summed E-state index contributed by atoms with van der Waals surface area (Å²) in [6.07, 6.45) is 6.92. The second-order valence-electron chi connectivity index (χ2n) is 4.77. The molecule has 0 saturated carbocycles. The molecule has 0 bridgehead atoms. The minimum Gasteiger partial charge on any atom is -0.290 e. The van der Waals surface area contributed by atoms with Crippen molar-refractivity contribution in [2.75, 3.05) is 13.1 Å². The van der Waals surface area contributed by atoms with Crippen molar-refractivity contribution in [2.24, 2.45) is 0 Å². The van der Waals surface area contributed by atoms with Crippen LogP contribution < -0.4 is 0 Å². The third kappa shape index (κ3) is 3.75. The van der Waals surface area contributed by atoms with Crippen LogP contribution in [0.5, 0.6) is 0 Å². The van der Waals surface area contributed by atoms with E-state index in [0.29, 0.717) is 6.04 Å². The highest BCUT2D eigenvalue weighted by Crippen LogP contribution is 2.14. The Kier molecular flexibility index (Phi) is 5.05. The SMILES string of the molecule is C=CCC(C#Cc1ccccc1)N1CCCCC1. The van der Waals surface area contributed by atoms with Crippen LogP contribution in [-0.2, 0) is 0 Å². The molecular formula is C17H21N. The summed E-state index contributed by atoms with van der Waals surface area (Å²) in [5.74, 6) is 6.70. The van der Waals surface area contributed by atoms with E-state index in [-0.39, 0.29) is 0 Å². The van der Waals surface area contributed by atoms with E-state index in [0.717, 1.165) is 12.0 Å². The van der Waals surface area contributed by atoms with Crippen molar-refractivity contribution in [3.63, 3.8) is 0 Å². The van der Waals surface area contributed by atoms with Gasteiger partial charge in [-0.3, -0.25) is 4.90 Å². The summed E-state index contributed by atoms with van der Waals surface area (Å²) in [7, 11) is 0. The molecule has 1 heteroatoms. The van der Waals surface area contributed by atoms with Crippen LogP contribution in [-0.4, -0.2) is 24.0 Å². The first-order valence-electron chi connectivity index (χ1n) is 6.81. The third-order valence-electron chi connectivity index (χ3n) is 3.38. The Morgan fingerprint density at radius 1 is 1.17 bits per heavy atom. The molecular weight excluding hydrogens is 218 g/mol. The molecule has 1 atom stereocenters. The average Bonchev–Trinajstić information content (AvgIpc) is 2.45. The van der Waals surface area contributed by atoms with E-state index in [2.05, 4.69) is 35.5 Å². The summed E-state index contributed by atoms with van der Waals surface area (Å²) in [5, 5.41) is 0. The predicted octanol–water partition coefficient (Wildman–Crippen LogP) is 3.47. The molecule has 0 amide bonds. The third-order valence-corrected chi connectivity index (χ3v) is 3.38. The van der Waals surface area contributed by atoms with E-state index in [1.807, 2.05) is 24.3 Å². The van der Waals surface area contributed by atoms with Gasteiger partial charge in [0.15, 0.2) is 0 Å². The smallest absolute Gasteiger partial charge is 0.0753 e. The van der Waals surface area contributed by atoms with Gasteiger partial charge in [0.25, 0.3) is 0 Å². The molecule has 0 spiro atoms. The fourth-order valence-corrected chi connectivity index (χ4v) is 2.38. The van der Waals surface area contributed by atoms with Crippen molar-refractivity contribution in [1.29, 1.82) is 0 Å². The highest BCUT2D eigenvalue weighted by atomic mass is 15.1. The molecule has 2 rings (SSSR count). The van der Waals surface area contributed by atoms with Gasteiger partial charge in [-0.25, -0.2) is 0 Å². The lowest BCUT2D eigenvalue weighted by molar-refractivity contribution is 0.197. The first-order valence-corrected chi connectivity index (χ1v) is 6.81. The Morgan fingerprint density at radius 3 is 2.56 bits per heavy atom. The molecule has 1 aromatic rings. The van der Waals surface area contributed by atoms with Gasteiger partial charge in [0.05, 0.1) is 6.04 Å². The van der Waals surface area contributed by atoms with Crippen LogP contribution in [0.3, 0.4) is 0 Å². The standard InChI is InChI=1S/C17H21N/c1-2-9-17(18-14-7-4-8-15-18)13-12-16-10-5-3-6-11-16/h2-3,5-6,10-11,17H,1,4,7-9,14-15H2. The summed E-state index contributed by atoms with van der Waals surface area (Å²) in [6, 6.07) is 10.6. The highest BCUT2D eigenvalue weighted by Gasteiger charge is 2.17. The summed E-state index contributed by atoms with van der Waals surface area (Å²) < 4.78 is 0. The van der Waals surface area contributed by atoms with Crippen LogP contribution in [0.15, 0.2) is 43.0 Å². The van der Waals surface area contributed by atoms with E-state index in [1.54, 1.807) is 0 Å². The van der Waals surface area contributed by atoms with Gasteiger partial charge in [0.2, 0.25) is 0 Å². The van der Waals surface area contributed by atoms with E-state index in [4.69, 9.17) is 0 Å². The van der Waals surface area contributed by atoms with Crippen molar-refractivity contribution in [2.45, 2.75) is 31.7 Å². The van der Waals surface area contributed by atoms with E-state index < -0.39 is 0 Å². The van der Waals surface area contributed by atoms with Crippen LogP contribution >= 0.6 is 0 Å². The molecule has 1 unspecified atom stereocenters. The average molecular weight is 239 g/mol. The van der Waals surface area contributed by atoms with E-state index >= 15 is 0 Å². The number of likely N-dealkylation sites (tertiary alicyclic amines) is 1. The van der Waals surface area contributed by atoms with Gasteiger partial charge in [-0.1, -0.05) is 42.5 Å². The summed E-state index contributed by atoms with van der Waals surface area (Å²) >= 11 is 0. The molecule has 0 radical (unpaired) electrons. The fourth-order valence-electron chi connectivity index (χ4n) is 2.38. The van der Waals surface area contributed by atoms with Gasteiger partial charge in [0.1, 0.15) is 0 Å². The lowest BCUT2D eigenvalue weighted by atomic mass is 10.1. The van der Waals surface area contributed by atoms with Gasteiger partial charge < -0.3 is 0 Å². The minimum absolute atomic E-state index is 0.336. The first kappa shape index (κ1) is 12.9. The Labute approximate surface area is 111 Å². The summed E-state index contributed by atoms with van der Waals surface area (Å²) in [6.45, 7) is 6.22. The minimum atomic E-state index is 0.336. The highest BCUT2D eigenvalue weighted by molar-refractivity contribution is 5.35. The van der Waals surface area contributed by atoms with Crippen LogP contribution in [0, 0.1) is 11.8 Å². The molecule has 1 saturated heterocycles. The maximum Gasteiger partial charge on any atom is 0.0753 e. The molecule has 1 heterocycles. The molecule has 94 valence electrons. The molecule has 1 aliphatic heterocycles. The Morgan fingerprint density at radius 2 is 1.89 bits per heavy atom. The Balaban J connectivity index is 2.06. The van der Waals surface area contributed by atoms with E-state index in [1.165, 1.54) is 32.4 Å². The number of hydrogen-bond donors (Lipinski definition) is 0. The van der Waals surface area contributed by atoms with Crippen molar-refractivity contribution in [1.82, 2.24) is 4.90 Å². The summed E-state index contributed by atoms with van der Waals surface area (Å²) in [5.41, 5.74) is 1.10. The molecule has 1 aromatic carbocycles. The van der Waals surface area contributed by atoms with Crippen molar-refractivity contribution < 1.29 is 0 Å². The van der Waals surface area contributed by atoms with Crippen LogP contribution in [0.1, 0.15) is 31.2 Å².